The lowest BCUT2D eigenvalue weighted by Gasteiger charge is -2.39. The molecule has 1 amide bonds. The third-order valence-corrected chi connectivity index (χ3v) is 5.04. The summed E-state index contributed by atoms with van der Waals surface area (Å²) in [4.78, 5) is 18.7. The van der Waals surface area contributed by atoms with E-state index in [1.54, 1.807) is 18.5 Å². The molecule has 4 rings (SSSR count). The zero-order valence-electron chi connectivity index (χ0n) is 14.0. The van der Waals surface area contributed by atoms with Crippen LogP contribution in [0.25, 0.3) is 0 Å². The first-order valence-electron chi connectivity index (χ1n) is 8.71. The monoisotopic (exact) mass is 342 g/mol. The highest BCUT2D eigenvalue weighted by molar-refractivity contribution is 5.92. The molecule has 0 bridgehead atoms. The Balaban J connectivity index is 1.35. The number of ether oxygens (including phenoxy) is 2. The van der Waals surface area contributed by atoms with E-state index >= 15 is 0 Å². The second kappa shape index (κ2) is 7.33. The number of fused-ring (bicyclic) bond motifs is 1. The number of nitrogens with one attached hydrogen (secondary N) is 1. The normalized spacial score (nSPS) is 25.8. The number of rotatable bonds is 5. The minimum atomic E-state index is 0.00716. The summed E-state index contributed by atoms with van der Waals surface area (Å²) in [7, 11) is 0. The number of carbonyl (C=O) groups is 1. The van der Waals surface area contributed by atoms with Gasteiger partial charge in [0, 0.05) is 31.1 Å². The van der Waals surface area contributed by atoms with Crippen LogP contribution in [0.15, 0.2) is 36.8 Å². The van der Waals surface area contributed by atoms with Crippen molar-refractivity contribution in [2.45, 2.75) is 31.6 Å². The van der Waals surface area contributed by atoms with Gasteiger partial charge in [0.2, 0.25) is 0 Å². The van der Waals surface area contributed by atoms with E-state index in [2.05, 4.69) is 15.2 Å². The Morgan fingerprint density at radius 1 is 1.36 bits per heavy atom. The van der Waals surface area contributed by atoms with Crippen LogP contribution in [-0.4, -0.2) is 57.9 Å². The third kappa shape index (κ3) is 3.43. The third-order valence-electron chi connectivity index (χ3n) is 5.04. The maximum absolute atomic E-state index is 12.7. The number of morpholine rings is 1. The Morgan fingerprint density at radius 3 is 3.12 bits per heavy atom. The zero-order chi connectivity index (χ0) is 17.1. The van der Waals surface area contributed by atoms with Gasteiger partial charge in [0.15, 0.2) is 0 Å². The van der Waals surface area contributed by atoms with Crippen LogP contribution in [0.5, 0.6) is 0 Å². The number of aromatic nitrogens is 3. The first kappa shape index (κ1) is 16.2. The molecule has 1 aliphatic carbocycles. The fourth-order valence-electron chi connectivity index (χ4n) is 3.83. The summed E-state index contributed by atoms with van der Waals surface area (Å²) in [6, 6.07) is 5.76. The van der Waals surface area contributed by atoms with Crippen LogP contribution in [0, 0.1) is 5.92 Å². The molecule has 2 fully saturated rings. The van der Waals surface area contributed by atoms with Crippen molar-refractivity contribution in [2.75, 3.05) is 19.8 Å². The molecule has 1 saturated heterocycles. The van der Waals surface area contributed by atoms with Crippen LogP contribution in [0.4, 0.5) is 0 Å². The Bertz CT molecular complexity index is 692. The molecule has 3 atom stereocenters. The number of amides is 1. The molecule has 0 radical (unpaired) electrons. The van der Waals surface area contributed by atoms with Crippen LogP contribution in [-0.2, 0) is 16.1 Å². The molecular formula is C18H22N4O3. The minimum Gasteiger partial charge on any atom is -0.376 e. The van der Waals surface area contributed by atoms with Crippen molar-refractivity contribution >= 4 is 5.91 Å². The molecule has 132 valence electrons. The van der Waals surface area contributed by atoms with Gasteiger partial charge in [0.25, 0.3) is 5.91 Å². The number of nitrogens with zero attached hydrogens (tertiary/aromatic N) is 3. The van der Waals surface area contributed by atoms with Crippen molar-refractivity contribution in [1.82, 2.24) is 20.1 Å². The van der Waals surface area contributed by atoms with Crippen molar-refractivity contribution in [2.24, 2.45) is 5.92 Å². The number of carbonyl (C=O) groups excluding carboxylic acids is 1. The molecule has 7 nitrogen and oxygen atoms in total. The predicted octanol–water partition coefficient (Wildman–Crippen LogP) is 1.64. The Labute approximate surface area is 146 Å². The highest BCUT2D eigenvalue weighted by Gasteiger charge is 2.44. The lowest BCUT2D eigenvalue weighted by atomic mass is 10.0. The molecule has 2 aromatic heterocycles. The number of pyridine rings is 1. The number of aromatic amines is 1. The molecule has 0 spiro atoms. The average Bonchev–Trinajstić information content (AvgIpc) is 3.32. The maximum atomic E-state index is 12.7. The topological polar surface area (TPSA) is 80.3 Å². The zero-order valence-corrected chi connectivity index (χ0v) is 14.0. The molecule has 3 heterocycles. The van der Waals surface area contributed by atoms with Crippen molar-refractivity contribution in [1.29, 1.82) is 0 Å². The van der Waals surface area contributed by atoms with E-state index < -0.39 is 0 Å². The van der Waals surface area contributed by atoms with Gasteiger partial charge in [-0.15, -0.1) is 0 Å². The summed E-state index contributed by atoms with van der Waals surface area (Å²) >= 11 is 0. The van der Waals surface area contributed by atoms with E-state index in [-0.39, 0.29) is 18.1 Å². The number of H-pyrrole nitrogens is 1. The van der Waals surface area contributed by atoms with Gasteiger partial charge in [-0.1, -0.05) is 6.07 Å². The molecule has 1 N–H and O–H groups in total. The van der Waals surface area contributed by atoms with Crippen LogP contribution in [0.1, 0.15) is 28.9 Å². The highest BCUT2D eigenvalue weighted by Crippen LogP contribution is 2.35. The van der Waals surface area contributed by atoms with E-state index in [9.17, 15) is 4.79 Å². The lowest BCUT2D eigenvalue weighted by Crippen LogP contribution is -2.53. The van der Waals surface area contributed by atoms with Crippen molar-refractivity contribution in [3.63, 3.8) is 0 Å². The van der Waals surface area contributed by atoms with Gasteiger partial charge in [-0.05, 0) is 30.5 Å². The quantitative estimate of drug-likeness (QED) is 0.893. The largest absolute Gasteiger partial charge is 0.376 e. The van der Waals surface area contributed by atoms with Crippen LogP contribution < -0.4 is 0 Å². The fourth-order valence-corrected chi connectivity index (χ4v) is 3.83. The van der Waals surface area contributed by atoms with Crippen molar-refractivity contribution < 1.29 is 14.3 Å². The van der Waals surface area contributed by atoms with E-state index in [0.717, 1.165) is 18.4 Å². The van der Waals surface area contributed by atoms with Crippen LogP contribution >= 0.6 is 0 Å². The van der Waals surface area contributed by atoms with Crippen molar-refractivity contribution in [3.05, 3.63) is 48.0 Å². The molecule has 1 aliphatic heterocycles. The van der Waals surface area contributed by atoms with Crippen LogP contribution in [0.3, 0.4) is 0 Å². The number of hydrogen-bond donors (Lipinski definition) is 1. The van der Waals surface area contributed by atoms with Gasteiger partial charge < -0.3 is 14.4 Å². The SMILES string of the molecule is O=C(c1ccn[nH]1)N1CCO[C@@H]2[C@H](COCc3cccnc3)CC[C@@H]21. The van der Waals surface area contributed by atoms with Gasteiger partial charge in [0.05, 0.1) is 32.0 Å². The molecule has 1 saturated carbocycles. The maximum Gasteiger partial charge on any atom is 0.272 e. The van der Waals surface area contributed by atoms with Crippen molar-refractivity contribution in [3.8, 4) is 0 Å². The number of hydrogen-bond acceptors (Lipinski definition) is 5. The molecule has 7 heteroatoms. The van der Waals surface area contributed by atoms with Gasteiger partial charge in [-0.3, -0.25) is 14.9 Å². The average molecular weight is 342 g/mol. The van der Waals surface area contributed by atoms with E-state index in [0.29, 0.717) is 38.0 Å². The van der Waals surface area contributed by atoms with Gasteiger partial charge in [-0.2, -0.15) is 5.10 Å². The van der Waals surface area contributed by atoms with Crippen LogP contribution in [0.2, 0.25) is 0 Å². The Kier molecular flexibility index (Phi) is 4.76. The summed E-state index contributed by atoms with van der Waals surface area (Å²) in [6.45, 7) is 2.39. The van der Waals surface area contributed by atoms with Gasteiger partial charge >= 0.3 is 0 Å². The second-order valence-corrected chi connectivity index (χ2v) is 6.59. The van der Waals surface area contributed by atoms with E-state index in [1.165, 1.54) is 0 Å². The summed E-state index contributed by atoms with van der Waals surface area (Å²) in [5.41, 5.74) is 1.61. The molecule has 2 aromatic rings. The Morgan fingerprint density at radius 2 is 2.32 bits per heavy atom. The first-order valence-corrected chi connectivity index (χ1v) is 8.71. The summed E-state index contributed by atoms with van der Waals surface area (Å²) in [5.74, 6) is 0.326. The first-order chi connectivity index (χ1) is 12.3. The Hall–Kier alpha value is -2.25. The summed E-state index contributed by atoms with van der Waals surface area (Å²) in [5, 5.41) is 6.64. The molecule has 0 unspecified atom stereocenters. The standard InChI is InChI=1S/C18H22N4O3/c23-18(15-5-7-20-21-15)22-8-9-25-17-14(3-4-16(17)22)12-24-11-13-2-1-6-19-10-13/h1-2,5-7,10,14,16-17H,3-4,8-9,11-12H2,(H,20,21)/t14-,16-,17+/m0/s1. The predicted molar refractivity (Wildman–Crippen MR) is 89.8 cm³/mol. The van der Waals surface area contributed by atoms with Gasteiger partial charge in [0.1, 0.15) is 5.69 Å². The van der Waals surface area contributed by atoms with E-state index in [1.807, 2.05) is 23.2 Å². The minimum absolute atomic E-state index is 0.00716. The summed E-state index contributed by atoms with van der Waals surface area (Å²) < 4.78 is 11.9. The fraction of sp³-hybridized carbons (Fsp3) is 0.500. The molecule has 2 aliphatic rings. The lowest BCUT2D eigenvalue weighted by molar-refractivity contribution is -0.0766. The molecule has 25 heavy (non-hydrogen) atoms. The van der Waals surface area contributed by atoms with E-state index in [4.69, 9.17) is 9.47 Å². The van der Waals surface area contributed by atoms with Gasteiger partial charge in [-0.25, -0.2) is 0 Å². The summed E-state index contributed by atoms with van der Waals surface area (Å²) in [6.07, 6.45) is 7.19. The highest BCUT2D eigenvalue weighted by atomic mass is 16.5. The molecular weight excluding hydrogens is 320 g/mol. The second-order valence-electron chi connectivity index (χ2n) is 6.59. The smallest absolute Gasteiger partial charge is 0.272 e. The molecule has 0 aromatic carbocycles.